The van der Waals surface area contributed by atoms with E-state index >= 15 is 0 Å². The zero-order chi connectivity index (χ0) is 20.8. The van der Waals surface area contributed by atoms with Gasteiger partial charge in [0, 0.05) is 38.8 Å². The van der Waals surface area contributed by atoms with Crippen LogP contribution in [0.3, 0.4) is 0 Å². The smallest absolute Gasteiger partial charge is 0.192 e. The van der Waals surface area contributed by atoms with E-state index in [4.69, 9.17) is 4.99 Å². The van der Waals surface area contributed by atoms with Crippen molar-refractivity contribution in [3.8, 4) is 0 Å². The highest BCUT2D eigenvalue weighted by Crippen LogP contribution is 2.18. The number of thiophene rings is 1. The first-order valence-corrected chi connectivity index (χ1v) is 12.3. The number of aromatic nitrogens is 3. The number of aryl methyl sites for hydroxylation is 1. The number of nitrogens with zero attached hydrogens (tertiary/aromatic N) is 5. The maximum atomic E-state index is 4.90. The number of piperidine rings is 1. The molecule has 2 aromatic rings. The van der Waals surface area contributed by atoms with E-state index in [-0.39, 0.29) is 0 Å². The van der Waals surface area contributed by atoms with Crippen LogP contribution in [0.2, 0.25) is 0 Å². The van der Waals surface area contributed by atoms with Crippen molar-refractivity contribution < 1.29 is 0 Å². The van der Waals surface area contributed by atoms with Gasteiger partial charge in [0.05, 0.1) is 0 Å². The normalized spacial score (nSPS) is 19.9. The Labute approximate surface area is 184 Å². The van der Waals surface area contributed by atoms with E-state index in [0.29, 0.717) is 18.6 Å². The van der Waals surface area contributed by atoms with Crippen LogP contribution in [-0.4, -0.2) is 50.8 Å². The van der Waals surface area contributed by atoms with Gasteiger partial charge in [-0.1, -0.05) is 19.3 Å². The first kappa shape index (κ1) is 21.3. The molecular weight excluding hydrogens is 394 g/mol. The van der Waals surface area contributed by atoms with Gasteiger partial charge in [-0.25, -0.2) is 4.99 Å². The van der Waals surface area contributed by atoms with Crippen LogP contribution in [0.5, 0.6) is 0 Å². The van der Waals surface area contributed by atoms with Gasteiger partial charge in [-0.05, 0) is 55.0 Å². The second-order valence-corrected chi connectivity index (χ2v) is 9.47. The van der Waals surface area contributed by atoms with Gasteiger partial charge in [0.15, 0.2) is 11.8 Å². The van der Waals surface area contributed by atoms with Crippen molar-refractivity contribution in [3.63, 3.8) is 0 Å². The first-order chi connectivity index (χ1) is 14.7. The van der Waals surface area contributed by atoms with E-state index < -0.39 is 0 Å². The molecule has 0 bridgehead atoms. The second-order valence-electron chi connectivity index (χ2n) is 8.69. The van der Waals surface area contributed by atoms with Crippen molar-refractivity contribution in [3.05, 3.63) is 34.0 Å². The van der Waals surface area contributed by atoms with E-state index in [2.05, 4.69) is 42.6 Å². The molecule has 1 saturated heterocycles. The third-order valence-corrected chi connectivity index (χ3v) is 7.15. The molecule has 164 valence electrons. The standard InChI is InChI=1S/C22H35N7S/c1-17-26-27-21(28(17)2)14-23-22(24-19-6-4-3-5-7-19)25-20-8-11-29(12-9-20)15-18-10-13-30-16-18/h10,13,16,19-20H,3-9,11-12,14-15H2,1-2H3,(H2,23,24,25). The average Bonchev–Trinajstić information content (AvgIpc) is 3.39. The second kappa shape index (κ2) is 10.4. The van der Waals surface area contributed by atoms with Crippen LogP contribution in [0.1, 0.15) is 62.2 Å². The molecule has 2 aliphatic rings. The lowest BCUT2D eigenvalue weighted by atomic mass is 9.95. The molecule has 2 aromatic heterocycles. The van der Waals surface area contributed by atoms with Gasteiger partial charge in [-0.15, -0.1) is 10.2 Å². The van der Waals surface area contributed by atoms with Gasteiger partial charge in [-0.2, -0.15) is 11.3 Å². The highest BCUT2D eigenvalue weighted by atomic mass is 32.1. The van der Waals surface area contributed by atoms with Crippen molar-refractivity contribution in [2.24, 2.45) is 12.0 Å². The number of rotatable bonds is 6. The Bertz CT molecular complexity index is 800. The summed E-state index contributed by atoms with van der Waals surface area (Å²) < 4.78 is 2.02. The molecule has 1 saturated carbocycles. The minimum Gasteiger partial charge on any atom is -0.354 e. The van der Waals surface area contributed by atoms with Gasteiger partial charge in [-0.3, -0.25) is 4.90 Å². The summed E-state index contributed by atoms with van der Waals surface area (Å²) in [6, 6.07) is 3.24. The lowest BCUT2D eigenvalue weighted by molar-refractivity contribution is 0.198. The lowest BCUT2D eigenvalue weighted by Crippen LogP contribution is -2.51. The number of aliphatic imine (C=N–C) groups is 1. The molecule has 0 spiro atoms. The zero-order valence-corrected chi connectivity index (χ0v) is 19.1. The maximum Gasteiger partial charge on any atom is 0.192 e. The van der Waals surface area contributed by atoms with Gasteiger partial charge in [0.1, 0.15) is 12.4 Å². The molecule has 2 fully saturated rings. The van der Waals surface area contributed by atoms with Crippen LogP contribution >= 0.6 is 11.3 Å². The summed E-state index contributed by atoms with van der Waals surface area (Å²) in [4.78, 5) is 7.46. The molecule has 0 radical (unpaired) electrons. The van der Waals surface area contributed by atoms with E-state index in [1.807, 2.05) is 18.5 Å². The fourth-order valence-corrected chi connectivity index (χ4v) is 5.04. The van der Waals surface area contributed by atoms with Crippen molar-refractivity contribution in [2.45, 2.75) is 77.0 Å². The molecule has 7 nitrogen and oxygen atoms in total. The van der Waals surface area contributed by atoms with Crippen LogP contribution < -0.4 is 10.6 Å². The quantitative estimate of drug-likeness (QED) is 0.545. The fourth-order valence-electron chi connectivity index (χ4n) is 4.38. The summed E-state index contributed by atoms with van der Waals surface area (Å²) in [5.74, 6) is 2.77. The molecule has 0 amide bonds. The summed E-state index contributed by atoms with van der Waals surface area (Å²) >= 11 is 1.79. The zero-order valence-electron chi connectivity index (χ0n) is 18.3. The molecule has 0 unspecified atom stereocenters. The van der Waals surface area contributed by atoms with Crippen molar-refractivity contribution in [1.29, 1.82) is 0 Å². The SMILES string of the molecule is Cc1nnc(CN=C(NC2CCCCC2)NC2CCN(Cc3ccsc3)CC2)n1C. The van der Waals surface area contributed by atoms with Gasteiger partial charge in [0.2, 0.25) is 0 Å². The Kier molecular flexibility index (Phi) is 7.38. The molecule has 1 aliphatic carbocycles. The number of guanidine groups is 1. The third kappa shape index (κ3) is 5.82. The van der Waals surface area contributed by atoms with E-state index in [1.165, 1.54) is 37.7 Å². The average molecular weight is 430 g/mol. The lowest BCUT2D eigenvalue weighted by Gasteiger charge is -2.34. The Morgan fingerprint density at radius 3 is 2.47 bits per heavy atom. The minimum atomic E-state index is 0.472. The molecule has 0 aromatic carbocycles. The van der Waals surface area contributed by atoms with Gasteiger partial charge in [0.25, 0.3) is 0 Å². The molecule has 2 N–H and O–H groups in total. The number of likely N-dealkylation sites (tertiary alicyclic amines) is 1. The fraction of sp³-hybridized carbons (Fsp3) is 0.682. The first-order valence-electron chi connectivity index (χ1n) is 11.3. The monoisotopic (exact) mass is 429 g/mol. The highest BCUT2D eigenvalue weighted by Gasteiger charge is 2.22. The topological polar surface area (TPSA) is 70.4 Å². The minimum absolute atomic E-state index is 0.472. The van der Waals surface area contributed by atoms with Gasteiger partial charge >= 0.3 is 0 Å². The predicted molar refractivity (Wildman–Crippen MR) is 123 cm³/mol. The number of hydrogen-bond acceptors (Lipinski definition) is 5. The summed E-state index contributed by atoms with van der Waals surface area (Å²) in [6.45, 7) is 5.86. The largest absolute Gasteiger partial charge is 0.354 e. The Balaban J connectivity index is 1.34. The molecular formula is C22H35N7S. The summed E-state index contributed by atoms with van der Waals surface area (Å²) in [5, 5.41) is 20.3. The number of nitrogens with one attached hydrogen (secondary N) is 2. The van der Waals surface area contributed by atoms with Crippen molar-refractivity contribution >= 4 is 17.3 Å². The summed E-state index contributed by atoms with van der Waals surface area (Å²) in [6.07, 6.45) is 8.77. The molecule has 30 heavy (non-hydrogen) atoms. The van der Waals surface area contributed by atoms with Crippen molar-refractivity contribution in [2.75, 3.05) is 13.1 Å². The van der Waals surface area contributed by atoms with Crippen LogP contribution in [0, 0.1) is 6.92 Å². The number of hydrogen-bond donors (Lipinski definition) is 2. The molecule has 3 heterocycles. The van der Waals surface area contributed by atoms with Crippen molar-refractivity contribution in [1.82, 2.24) is 30.3 Å². The third-order valence-electron chi connectivity index (χ3n) is 6.42. The molecule has 4 rings (SSSR count). The van der Waals surface area contributed by atoms with E-state index in [9.17, 15) is 0 Å². The van der Waals surface area contributed by atoms with Crippen LogP contribution in [0.15, 0.2) is 21.8 Å². The highest BCUT2D eigenvalue weighted by molar-refractivity contribution is 7.07. The molecule has 0 atom stereocenters. The summed E-state index contributed by atoms with van der Waals surface area (Å²) in [5.41, 5.74) is 1.44. The molecule has 1 aliphatic heterocycles. The maximum absolute atomic E-state index is 4.90. The van der Waals surface area contributed by atoms with Gasteiger partial charge < -0.3 is 15.2 Å². The van der Waals surface area contributed by atoms with Crippen LogP contribution in [-0.2, 0) is 20.1 Å². The Morgan fingerprint density at radius 1 is 1.10 bits per heavy atom. The summed E-state index contributed by atoms with van der Waals surface area (Å²) in [7, 11) is 2.01. The molecule has 8 heteroatoms. The Hall–Kier alpha value is -1.93. The van der Waals surface area contributed by atoms with E-state index in [1.54, 1.807) is 11.3 Å². The van der Waals surface area contributed by atoms with Crippen LogP contribution in [0.4, 0.5) is 0 Å². The predicted octanol–water partition coefficient (Wildman–Crippen LogP) is 3.22. The van der Waals surface area contributed by atoms with Crippen LogP contribution in [0.25, 0.3) is 0 Å². The van der Waals surface area contributed by atoms with E-state index in [0.717, 1.165) is 50.1 Å². The Morgan fingerprint density at radius 2 is 1.83 bits per heavy atom.